The van der Waals surface area contributed by atoms with E-state index >= 15 is 0 Å². The molecule has 0 saturated carbocycles. The molecule has 0 N–H and O–H groups in total. The largest absolute Gasteiger partial charge is 0.493 e. The third-order valence-electron chi connectivity index (χ3n) is 4.93. The number of piperazine rings is 1. The second-order valence-corrected chi connectivity index (χ2v) is 6.97. The maximum atomic E-state index is 12.7. The van der Waals surface area contributed by atoms with E-state index in [2.05, 4.69) is 4.98 Å². The van der Waals surface area contributed by atoms with Crippen LogP contribution < -0.4 is 14.4 Å². The zero-order valence-corrected chi connectivity index (χ0v) is 17.4. The predicted molar refractivity (Wildman–Crippen MR) is 111 cm³/mol. The number of allylic oxidation sites excluding steroid dienone is 1. The van der Waals surface area contributed by atoms with Crippen molar-refractivity contribution in [3.05, 3.63) is 53.7 Å². The molecule has 0 atom stereocenters. The summed E-state index contributed by atoms with van der Waals surface area (Å²) in [5.41, 5.74) is 0.183. The zero-order chi connectivity index (χ0) is 22.4. The van der Waals surface area contributed by atoms with Crippen LogP contribution >= 0.6 is 0 Å². The average molecular weight is 435 g/mol. The van der Waals surface area contributed by atoms with Crippen molar-refractivity contribution in [1.29, 1.82) is 0 Å². The summed E-state index contributed by atoms with van der Waals surface area (Å²) in [4.78, 5) is 20.0. The highest BCUT2D eigenvalue weighted by Gasteiger charge is 2.31. The van der Waals surface area contributed by atoms with E-state index in [4.69, 9.17) is 9.47 Å². The summed E-state index contributed by atoms with van der Waals surface area (Å²) >= 11 is 0. The number of pyridine rings is 1. The second-order valence-electron chi connectivity index (χ2n) is 6.97. The van der Waals surface area contributed by atoms with Gasteiger partial charge in [0.1, 0.15) is 5.82 Å². The average Bonchev–Trinajstić information content (AvgIpc) is 2.77. The van der Waals surface area contributed by atoms with Crippen LogP contribution in [-0.2, 0) is 11.0 Å². The van der Waals surface area contributed by atoms with Gasteiger partial charge < -0.3 is 19.3 Å². The number of hydrogen-bond acceptors (Lipinski definition) is 5. The molecule has 31 heavy (non-hydrogen) atoms. The fourth-order valence-corrected chi connectivity index (χ4v) is 3.26. The SMILES string of the molecule is CC=Cc1ccc(OCC(=O)N2CCN(c3ccc(C(F)(F)F)cn3)CC2)c(OC)c1. The van der Waals surface area contributed by atoms with Crippen molar-refractivity contribution >= 4 is 17.8 Å². The first-order valence-corrected chi connectivity index (χ1v) is 9.81. The molecule has 1 aliphatic rings. The number of amides is 1. The smallest absolute Gasteiger partial charge is 0.417 e. The molecule has 6 nitrogen and oxygen atoms in total. The Labute approximate surface area is 178 Å². The molecule has 1 fully saturated rings. The minimum Gasteiger partial charge on any atom is -0.493 e. The normalized spacial score (nSPS) is 14.7. The molecule has 2 aromatic rings. The molecule has 1 aromatic carbocycles. The highest BCUT2D eigenvalue weighted by Crippen LogP contribution is 2.30. The maximum absolute atomic E-state index is 12.7. The molecular formula is C22H24F3N3O3. The van der Waals surface area contributed by atoms with Gasteiger partial charge in [0.15, 0.2) is 18.1 Å². The van der Waals surface area contributed by atoms with Gasteiger partial charge in [0, 0.05) is 32.4 Å². The summed E-state index contributed by atoms with van der Waals surface area (Å²) in [7, 11) is 1.54. The van der Waals surface area contributed by atoms with Crippen molar-refractivity contribution in [2.45, 2.75) is 13.1 Å². The van der Waals surface area contributed by atoms with Gasteiger partial charge in [0.05, 0.1) is 12.7 Å². The fraction of sp³-hybridized carbons (Fsp3) is 0.364. The molecule has 1 saturated heterocycles. The molecule has 0 spiro atoms. The molecular weight excluding hydrogens is 411 g/mol. The van der Waals surface area contributed by atoms with E-state index in [1.807, 2.05) is 36.1 Å². The quantitative estimate of drug-likeness (QED) is 0.690. The topological polar surface area (TPSA) is 54.9 Å². The minimum absolute atomic E-state index is 0.127. The Balaban J connectivity index is 1.52. The van der Waals surface area contributed by atoms with E-state index in [1.165, 1.54) is 13.2 Å². The first kappa shape index (κ1) is 22.5. The standard InChI is InChI=1S/C22H24F3N3O3/c1-3-4-16-5-7-18(19(13-16)30-2)31-15-21(29)28-11-9-27(10-12-28)20-8-6-17(14-26-20)22(23,24)25/h3-8,13-14H,9-12,15H2,1-2H3. The number of rotatable bonds is 6. The number of benzene rings is 1. The summed E-state index contributed by atoms with van der Waals surface area (Å²) < 4.78 is 49.0. The predicted octanol–water partition coefficient (Wildman–Crippen LogP) is 3.87. The zero-order valence-electron chi connectivity index (χ0n) is 17.4. The van der Waals surface area contributed by atoms with Crippen molar-refractivity contribution in [3.8, 4) is 11.5 Å². The minimum atomic E-state index is -4.41. The Morgan fingerprint density at radius 3 is 2.45 bits per heavy atom. The van der Waals surface area contributed by atoms with E-state index in [9.17, 15) is 18.0 Å². The number of ether oxygens (including phenoxy) is 2. The molecule has 9 heteroatoms. The molecule has 1 amide bonds. The van der Waals surface area contributed by atoms with Crippen LogP contribution in [0.3, 0.4) is 0 Å². The van der Waals surface area contributed by atoms with Gasteiger partial charge in [-0.25, -0.2) is 4.98 Å². The molecule has 0 aliphatic carbocycles. The third-order valence-corrected chi connectivity index (χ3v) is 4.93. The van der Waals surface area contributed by atoms with Crippen LogP contribution in [0.25, 0.3) is 6.08 Å². The lowest BCUT2D eigenvalue weighted by Crippen LogP contribution is -2.50. The van der Waals surface area contributed by atoms with Gasteiger partial charge in [0.2, 0.25) is 0 Å². The van der Waals surface area contributed by atoms with Crippen molar-refractivity contribution in [3.63, 3.8) is 0 Å². The first-order valence-electron chi connectivity index (χ1n) is 9.81. The number of nitrogens with zero attached hydrogens (tertiary/aromatic N) is 3. The summed E-state index contributed by atoms with van der Waals surface area (Å²) in [6.07, 6.45) is 0.267. The molecule has 1 aliphatic heterocycles. The highest BCUT2D eigenvalue weighted by molar-refractivity contribution is 5.78. The monoisotopic (exact) mass is 435 g/mol. The van der Waals surface area contributed by atoms with Gasteiger partial charge in [-0.05, 0) is 36.8 Å². The molecule has 1 aromatic heterocycles. The van der Waals surface area contributed by atoms with E-state index in [-0.39, 0.29) is 12.5 Å². The Morgan fingerprint density at radius 2 is 1.87 bits per heavy atom. The van der Waals surface area contributed by atoms with Crippen LogP contribution in [-0.4, -0.2) is 55.7 Å². The van der Waals surface area contributed by atoms with Gasteiger partial charge in [-0.1, -0.05) is 18.2 Å². The Hall–Kier alpha value is -3.23. The van der Waals surface area contributed by atoms with Crippen molar-refractivity contribution in [2.24, 2.45) is 0 Å². The number of carbonyl (C=O) groups excluding carboxylic acids is 1. The van der Waals surface area contributed by atoms with Crippen molar-refractivity contribution in [1.82, 2.24) is 9.88 Å². The van der Waals surface area contributed by atoms with Crippen LogP contribution in [0.2, 0.25) is 0 Å². The third kappa shape index (κ3) is 5.68. The number of halogens is 3. The van der Waals surface area contributed by atoms with Gasteiger partial charge in [-0.15, -0.1) is 0 Å². The number of aromatic nitrogens is 1. The van der Waals surface area contributed by atoms with Crippen LogP contribution in [0.5, 0.6) is 11.5 Å². The van der Waals surface area contributed by atoms with E-state index in [0.29, 0.717) is 43.5 Å². The van der Waals surface area contributed by atoms with Crippen LogP contribution in [0.15, 0.2) is 42.6 Å². The fourth-order valence-electron chi connectivity index (χ4n) is 3.26. The van der Waals surface area contributed by atoms with Crippen LogP contribution in [0, 0.1) is 0 Å². The van der Waals surface area contributed by atoms with Crippen molar-refractivity contribution < 1.29 is 27.4 Å². The molecule has 2 heterocycles. The highest BCUT2D eigenvalue weighted by atomic mass is 19.4. The van der Waals surface area contributed by atoms with Crippen molar-refractivity contribution in [2.75, 3.05) is 44.8 Å². The Kier molecular flexibility index (Phi) is 7.04. The van der Waals surface area contributed by atoms with Crippen LogP contribution in [0.4, 0.5) is 19.0 Å². The Bertz CT molecular complexity index is 922. The molecule has 0 bridgehead atoms. The summed E-state index contributed by atoms with van der Waals surface area (Å²) in [5, 5.41) is 0. The van der Waals surface area contributed by atoms with Gasteiger partial charge in [0.25, 0.3) is 5.91 Å². The number of alkyl halides is 3. The number of methoxy groups -OCH3 is 1. The summed E-state index contributed by atoms with van der Waals surface area (Å²) in [6, 6.07) is 7.83. The number of anilines is 1. The molecule has 3 rings (SSSR count). The molecule has 166 valence electrons. The van der Waals surface area contributed by atoms with E-state index < -0.39 is 11.7 Å². The first-order chi connectivity index (χ1) is 14.8. The van der Waals surface area contributed by atoms with Gasteiger partial charge in [-0.2, -0.15) is 13.2 Å². The summed E-state index contributed by atoms with van der Waals surface area (Å²) in [6.45, 7) is 3.61. The van der Waals surface area contributed by atoms with E-state index in [0.717, 1.165) is 17.8 Å². The number of carbonyl (C=O) groups is 1. The lowest BCUT2D eigenvalue weighted by Gasteiger charge is -2.35. The van der Waals surface area contributed by atoms with Crippen LogP contribution in [0.1, 0.15) is 18.1 Å². The molecule has 0 radical (unpaired) electrons. The summed E-state index contributed by atoms with van der Waals surface area (Å²) in [5.74, 6) is 1.32. The maximum Gasteiger partial charge on any atom is 0.417 e. The number of hydrogen-bond donors (Lipinski definition) is 0. The lowest BCUT2D eigenvalue weighted by molar-refractivity contribution is -0.138. The van der Waals surface area contributed by atoms with E-state index in [1.54, 1.807) is 11.0 Å². The lowest BCUT2D eigenvalue weighted by atomic mass is 10.2. The van der Waals surface area contributed by atoms with Gasteiger partial charge in [-0.3, -0.25) is 4.79 Å². The Morgan fingerprint density at radius 1 is 1.13 bits per heavy atom. The van der Waals surface area contributed by atoms with Gasteiger partial charge >= 0.3 is 6.18 Å². The molecule has 0 unspecified atom stereocenters. The second kappa shape index (κ2) is 9.72.